The Bertz CT molecular complexity index is 490. The van der Waals surface area contributed by atoms with Crippen molar-refractivity contribution in [2.24, 2.45) is 0 Å². The van der Waals surface area contributed by atoms with E-state index in [9.17, 15) is 0 Å². The van der Waals surface area contributed by atoms with E-state index in [0.717, 1.165) is 17.3 Å². The van der Waals surface area contributed by atoms with Crippen LogP contribution in [0.25, 0.3) is 0 Å². The van der Waals surface area contributed by atoms with Gasteiger partial charge in [0.1, 0.15) is 0 Å². The molecule has 0 amide bonds. The fraction of sp³-hybridized carbons (Fsp3) is 0.231. The standard InChI is InChI=1S/C13H14ClNS/c1-9-3-4-12(11(14)7-9)15-8-13-10(2)5-6-16-13/h3-7,15H,8H2,1-2H3. The van der Waals surface area contributed by atoms with Crippen LogP contribution in [-0.2, 0) is 6.54 Å². The Hall–Kier alpha value is -0.990. The third-order valence-corrected chi connectivity index (χ3v) is 3.87. The topological polar surface area (TPSA) is 12.0 Å². The molecule has 0 spiro atoms. The summed E-state index contributed by atoms with van der Waals surface area (Å²) >= 11 is 7.92. The third kappa shape index (κ3) is 2.57. The van der Waals surface area contributed by atoms with Crippen molar-refractivity contribution in [1.82, 2.24) is 0 Å². The average molecular weight is 252 g/mol. The molecule has 0 radical (unpaired) electrons. The van der Waals surface area contributed by atoms with Crippen LogP contribution in [0.3, 0.4) is 0 Å². The molecular weight excluding hydrogens is 238 g/mol. The van der Waals surface area contributed by atoms with Gasteiger partial charge in [-0.1, -0.05) is 17.7 Å². The van der Waals surface area contributed by atoms with Gasteiger partial charge in [-0.3, -0.25) is 0 Å². The van der Waals surface area contributed by atoms with E-state index in [1.807, 2.05) is 19.1 Å². The Morgan fingerprint density at radius 1 is 1.25 bits per heavy atom. The molecule has 0 unspecified atom stereocenters. The molecular formula is C13H14ClNS. The van der Waals surface area contributed by atoms with Crippen molar-refractivity contribution in [3.8, 4) is 0 Å². The van der Waals surface area contributed by atoms with Crippen LogP contribution in [0.1, 0.15) is 16.0 Å². The van der Waals surface area contributed by atoms with Crippen LogP contribution in [0.2, 0.25) is 5.02 Å². The van der Waals surface area contributed by atoms with Crippen LogP contribution < -0.4 is 5.32 Å². The molecule has 16 heavy (non-hydrogen) atoms. The Morgan fingerprint density at radius 3 is 2.69 bits per heavy atom. The molecule has 84 valence electrons. The van der Waals surface area contributed by atoms with E-state index < -0.39 is 0 Å². The van der Waals surface area contributed by atoms with E-state index in [2.05, 4.69) is 29.8 Å². The van der Waals surface area contributed by atoms with Crippen molar-refractivity contribution in [3.05, 3.63) is 50.7 Å². The van der Waals surface area contributed by atoms with Gasteiger partial charge in [-0.2, -0.15) is 0 Å². The molecule has 0 saturated heterocycles. The second-order valence-electron chi connectivity index (χ2n) is 3.86. The first-order valence-corrected chi connectivity index (χ1v) is 6.45. The Morgan fingerprint density at radius 2 is 2.06 bits per heavy atom. The molecule has 1 N–H and O–H groups in total. The first-order chi connectivity index (χ1) is 7.66. The maximum absolute atomic E-state index is 6.15. The van der Waals surface area contributed by atoms with Crippen molar-refractivity contribution >= 4 is 28.6 Å². The summed E-state index contributed by atoms with van der Waals surface area (Å²) in [5, 5.41) is 6.26. The molecule has 0 saturated carbocycles. The molecule has 1 nitrogen and oxygen atoms in total. The zero-order chi connectivity index (χ0) is 11.5. The Kier molecular flexibility index (Phi) is 3.52. The van der Waals surface area contributed by atoms with Gasteiger partial charge >= 0.3 is 0 Å². The van der Waals surface area contributed by atoms with Gasteiger partial charge in [0.15, 0.2) is 0 Å². The summed E-state index contributed by atoms with van der Waals surface area (Å²) in [5.41, 5.74) is 3.52. The molecule has 0 bridgehead atoms. The summed E-state index contributed by atoms with van der Waals surface area (Å²) in [6.45, 7) is 5.01. The van der Waals surface area contributed by atoms with Gasteiger partial charge in [0.25, 0.3) is 0 Å². The molecule has 1 aromatic carbocycles. The van der Waals surface area contributed by atoms with E-state index in [4.69, 9.17) is 11.6 Å². The maximum atomic E-state index is 6.15. The van der Waals surface area contributed by atoms with E-state index in [1.165, 1.54) is 16.0 Å². The summed E-state index contributed by atoms with van der Waals surface area (Å²) < 4.78 is 0. The highest BCUT2D eigenvalue weighted by Gasteiger charge is 2.02. The maximum Gasteiger partial charge on any atom is 0.0640 e. The molecule has 2 rings (SSSR count). The molecule has 0 aliphatic heterocycles. The van der Waals surface area contributed by atoms with Crippen LogP contribution in [0.4, 0.5) is 5.69 Å². The zero-order valence-corrected chi connectivity index (χ0v) is 11.0. The molecule has 3 heteroatoms. The summed E-state index contributed by atoms with van der Waals surface area (Å²) in [5.74, 6) is 0. The number of thiophene rings is 1. The lowest BCUT2D eigenvalue weighted by molar-refractivity contribution is 1.17. The predicted molar refractivity (Wildman–Crippen MR) is 72.6 cm³/mol. The zero-order valence-electron chi connectivity index (χ0n) is 9.38. The summed E-state index contributed by atoms with van der Waals surface area (Å²) in [6.07, 6.45) is 0. The number of hydrogen-bond acceptors (Lipinski definition) is 2. The minimum Gasteiger partial charge on any atom is -0.379 e. The van der Waals surface area contributed by atoms with E-state index in [0.29, 0.717) is 0 Å². The number of halogens is 1. The fourth-order valence-electron chi connectivity index (χ4n) is 1.52. The van der Waals surface area contributed by atoms with Gasteiger partial charge in [0.2, 0.25) is 0 Å². The monoisotopic (exact) mass is 251 g/mol. The molecule has 0 atom stereocenters. The van der Waals surface area contributed by atoms with E-state index in [-0.39, 0.29) is 0 Å². The first-order valence-electron chi connectivity index (χ1n) is 5.20. The summed E-state index contributed by atoms with van der Waals surface area (Å²) in [6, 6.07) is 8.21. The largest absolute Gasteiger partial charge is 0.379 e. The quantitative estimate of drug-likeness (QED) is 0.839. The van der Waals surface area contributed by atoms with E-state index >= 15 is 0 Å². The van der Waals surface area contributed by atoms with Gasteiger partial charge in [-0.25, -0.2) is 0 Å². The summed E-state index contributed by atoms with van der Waals surface area (Å²) in [7, 11) is 0. The number of hydrogen-bond donors (Lipinski definition) is 1. The molecule has 0 aliphatic carbocycles. The normalized spacial score (nSPS) is 10.4. The van der Waals surface area contributed by atoms with Crippen molar-refractivity contribution in [3.63, 3.8) is 0 Å². The first kappa shape index (κ1) is 11.5. The molecule has 1 aromatic heterocycles. The fourth-order valence-corrected chi connectivity index (χ4v) is 2.67. The van der Waals surface area contributed by atoms with E-state index in [1.54, 1.807) is 11.3 Å². The minimum absolute atomic E-state index is 0.786. The average Bonchev–Trinajstić information content (AvgIpc) is 2.63. The number of rotatable bonds is 3. The number of aryl methyl sites for hydroxylation is 2. The van der Waals surface area contributed by atoms with Crippen LogP contribution in [0.5, 0.6) is 0 Å². The lowest BCUT2D eigenvalue weighted by Gasteiger charge is -2.08. The van der Waals surface area contributed by atoms with Gasteiger partial charge < -0.3 is 5.32 Å². The minimum atomic E-state index is 0.786. The summed E-state index contributed by atoms with van der Waals surface area (Å²) in [4.78, 5) is 1.36. The number of nitrogens with one attached hydrogen (secondary N) is 1. The predicted octanol–water partition coefficient (Wildman–Crippen LogP) is 4.63. The number of anilines is 1. The molecule has 2 aromatic rings. The molecule has 0 fully saturated rings. The van der Waals surface area contributed by atoms with Crippen molar-refractivity contribution in [1.29, 1.82) is 0 Å². The van der Waals surface area contributed by atoms with Crippen LogP contribution >= 0.6 is 22.9 Å². The van der Waals surface area contributed by atoms with Gasteiger partial charge in [0, 0.05) is 11.4 Å². The van der Waals surface area contributed by atoms with Crippen LogP contribution in [0.15, 0.2) is 29.6 Å². The van der Waals surface area contributed by atoms with Crippen molar-refractivity contribution < 1.29 is 0 Å². The third-order valence-electron chi connectivity index (χ3n) is 2.53. The Labute approximate surface area is 105 Å². The lowest BCUT2D eigenvalue weighted by atomic mass is 10.2. The highest BCUT2D eigenvalue weighted by atomic mass is 35.5. The second-order valence-corrected chi connectivity index (χ2v) is 5.27. The van der Waals surface area contributed by atoms with Crippen molar-refractivity contribution in [2.75, 3.05) is 5.32 Å². The smallest absolute Gasteiger partial charge is 0.0640 e. The van der Waals surface area contributed by atoms with Crippen molar-refractivity contribution in [2.45, 2.75) is 20.4 Å². The van der Waals surface area contributed by atoms with Gasteiger partial charge in [0.05, 0.1) is 10.7 Å². The second kappa shape index (κ2) is 4.89. The van der Waals surface area contributed by atoms with Gasteiger partial charge in [-0.15, -0.1) is 11.3 Å². The molecule has 1 heterocycles. The van der Waals surface area contributed by atoms with Crippen LogP contribution in [0, 0.1) is 13.8 Å². The number of benzene rings is 1. The van der Waals surface area contributed by atoms with Crippen LogP contribution in [-0.4, -0.2) is 0 Å². The van der Waals surface area contributed by atoms with Gasteiger partial charge in [-0.05, 0) is 48.6 Å². The lowest BCUT2D eigenvalue weighted by Crippen LogP contribution is -1.99. The SMILES string of the molecule is Cc1ccc(NCc2sccc2C)c(Cl)c1. The highest BCUT2D eigenvalue weighted by molar-refractivity contribution is 7.10. The molecule has 0 aliphatic rings. The Balaban J connectivity index is 2.08. The highest BCUT2D eigenvalue weighted by Crippen LogP contribution is 2.24.